The van der Waals surface area contributed by atoms with E-state index in [9.17, 15) is 19.3 Å². The molecule has 0 spiro atoms. The van der Waals surface area contributed by atoms with Gasteiger partial charge in [0.1, 0.15) is 0 Å². The van der Waals surface area contributed by atoms with Crippen LogP contribution in [0, 0.1) is 47.3 Å². The zero-order valence-electron chi connectivity index (χ0n) is 57.4. The average molecular weight is 1270 g/mol. The molecule has 0 bridgehead atoms. The number of esters is 2. The predicted octanol–water partition coefficient (Wildman–Crippen LogP) is 14.6. The van der Waals surface area contributed by atoms with Crippen molar-refractivity contribution < 1.29 is 75.9 Å². The maximum absolute atomic E-state index is 11.7. The molecule has 0 aromatic rings. The molecular formula is C72H121O16P. The van der Waals surface area contributed by atoms with Gasteiger partial charge in [0.05, 0.1) is 117 Å². The van der Waals surface area contributed by atoms with E-state index in [0.29, 0.717) is 72.8 Å². The molecule has 510 valence electrons. The van der Waals surface area contributed by atoms with Gasteiger partial charge >= 0.3 is 20.6 Å². The molecule has 0 radical (unpaired) electrons. The molecular weight excluding hydrogens is 1150 g/mol. The van der Waals surface area contributed by atoms with Gasteiger partial charge in [-0.2, -0.15) is 0 Å². The summed E-state index contributed by atoms with van der Waals surface area (Å²) < 4.78 is 80.4. The van der Waals surface area contributed by atoms with Gasteiger partial charge in [-0.3, -0.25) is 4.52 Å². The Balaban J connectivity index is 0.000000268. The number of hydrogen-bond acceptors (Lipinski definition) is 16. The Morgan fingerprint density at radius 2 is 0.989 bits per heavy atom. The Hall–Kier alpha value is -2.70. The second kappa shape index (κ2) is 39.2. The third-order valence-electron chi connectivity index (χ3n) is 20.5. The van der Waals surface area contributed by atoms with E-state index in [1.165, 1.54) is 23.6 Å². The summed E-state index contributed by atoms with van der Waals surface area (Å²) in [7, 11) is -0.495. The van der Waals surface area contributed by atoms with E-state index in [1.807, 2.05) is 13.8 Å². The van der Waals surface area contributed by atoms with Crippen LogP contribution in [0.5, 0.6) is 0 Å². The Morgan fingerprint density at radius 3 is 1.40 bits per heavy atom. The molecule has 8 aliphatic heterocycles. The van der Waals surface area contributed by atoms with Crippen molar-refractivity contribution >= 4 is 20.6 Å². The third-order valence-corrected chi connectivity index (χ3v) is 20.7. The minimum Gasteiger partial charge on any atom is -0.464 e. The molecule has 8 saturated heterocycles. The fourth-order valence-corrected chi connectivity index (χ4v) is 14.8. The van der Waals surface area contributed by atoms with Crippen LogP contribution in [-0.2, 0) is 70.8 Å². The second-order valence-corrected chi connectivity index (χ2v) is 27.5. The lowest BCUT2D eigenvalue weighted by atomic mass is 9.74. The van der Waals surface area contributed by atoms with E-state index < -0.39 is 14.7 Å². The highest BCUT2D eigenvalue weighted by atomic mass is 31.1. The first-order valence-electron chi connectivity index (χ1n) is 34.6. The fourth-order valence-electron chi connectivity index (χ4n) is 14.7. The van der Waals surface area contributed by atoms with Crippen LogP contribution in [0.2, 0.25) is 0 Å². The Morgan fingerprint density at radius 1 is 0.528 bits per heavy atom. The van der Waals surface area contributed by atoms with Gasteiger partial charge in [-0.15, -0.1) is 0 Å². The van der Waals surface area contributed by atoms with Crippen LogP contribution in [0.1, 0.15) is 200 Å². The van der Waals surface area contributed by atoms with Gasteiger partial charge in [0.25, 0.3) is 0 Å². The van der Waals surface area contributed by atoms with E-state index in [0.717, 1.165) is 121 Å². The highest BCUT2D eigenvalue weighted by Crippen LogP contribution is 2.46. The second-order valence-electron chi connectivity index (χ2n) is 27.0. The summed E-state index contributed by atoms with van der Waals surface area (Å²) in [5.74, 6) is 2.84. The lowest BCUT2D eigenvalue weighted by molar-refractivity contribution is -0.244. The summed E-state index contributed by atoms with van der Waals surface area (Å²) >= 11 is 0. The van der Waals surface area contributed by atoms with Crippen LogP contribution in [0.15, 0.2) is 60.8 Å². The van der Waals surface area contributed by atoms with Gasteiger partial charge in [-0.25, -0.2) is 14.2 Å². The first-order valence-corrected chi connectivity index (χ1v) is 35.4. The monoisotopic (exact) mass is 1270 g/mol. The summed E-state index contributed by atoms with van der Waals surface area (Å²) in [6.45, 7) is 50.0. The number of aliphatic hydroxyl groups excluding tert-OH is 1. The van der Waals surface area contributed by atoms with Gasteiger partial charge < -0.3 is 57.2 Å². The molecule has 24 atom stereocenters. The van der Waals surface area contributed by atoms with Crippen LogP contribution in [0.3, 0.4) is 0 Å². The molecule has 0 amide bonds. The fraction of sp³-hybridized carbons (Fsp3) is 0.833. The van der Waals surface area contributed by atoms with E-state index in [-0.39, 0.29) is 105 Å². The van der Waals surface area contributed by atoms with Crippen molar-refractivity contribution in [2.24, 2.45) is 47.3 Å². The molecule has 8 heterocycles. The first kappa shape index (κ1) is 77.0. The minimum atomic E-state index is -0.499. The smallest absolute Gasteiger partial charge is 0.333 e. The Labute approximate surface area is 539 Å². The molecule has 8 aliphatic rings. The molecule has 0 aromatic carbocycles. The van der Waals surface area contributed by atoms with Crippen molar-refractivity contribution in [3.63, 3.8) is 0 Å². The molecule has 0 saturated carbocycles. The largest absolute Gasteiger partial charge is 0.464 e. The molecule has 17 heteroatoms. The van der Waals surface area contributed by atoms with Crippen LogP contribution in [-0.4, -0.2) is 154 Å². The average Bonchev–Trinajstić information content (AvgIpc) is 1.59. The lowest BCUT2D eigenvalue weighted by Crippen LogP contribution is -2.56. The summed E-state index contributed by atoms with van der Waals surface area (Å²) in [6, 6.07) is 0. The van der Waals surface area contributed by atoms with E-state index in [2.05, 4.69) is 105 Å². The van der Waals surface area contributed by atoms with E-state index in [1.54, 1.807) is 19.9 Å². The van der Waals surface area contributed by atoms with Gasteiger partial charge in [0.2, 0.25) is 0 Å². The van der Waals surface area contributed by atoms with Crippen molar-refractivity contribution in [3.05, 3.63) is 60.8 Å². The molecule has 8 fully saturated rings. The number of aliphatic hydroxyl groups is 1. The molecule has 8 rings (SSSR count). The normalized spacial score (nSPS) is 38.7. The number of carbonyl (C=O) groups excluding carboxylic acids is 2. The number of ether oxygens (including phenoxy) is 11. The number of hydrogen-bond donors (Lipinski definition) is 1. The van der Waals surface area contributed by atoms with Crippen molar-refractivity contribution in [2.45, 2.75) is 297 Å². The predicted molar refractivity (Wildman–Crippen MR) is 350 cm³/mol. The number of carbonyl (C=O) groups is 2. The van der Waals surface area contributed by atoms with Gasteiger partial charge in [-0.05, 0) is 174 Å². The Bertz CT molecular complexity index is 2200. The molecule has 0 aliphatic carbocycles. The molecule has 89 heavy (non-hydrogen) atoms. The molecule has 6 unspecified atom stereocenters. The highest BCUT2D eigenvalue weighted by molar-refractivity contribution is 7.17. The SMILES string of the molecule is C=C1CC(/C=C/C(=O)OCC)OC1CC[C@H]1C[C@@H](C)C(=C)C(C[C@@H]2O[C@H]3C[C@@H](C)[C@@H](CCC)O[C@H]3[C@H](C)[C@H]2C)O1.C=C1CC(CO)OC1CC[C@H]1C[C@@H](C)C(=C)C(C[C@@H]2O[C@H]3C[C@@H](C)[C@@H](CCC)O[C@H]3[C@H](C)[C@H]2C)O1.CCOC(=O)COP=O.CCOCC. The molecule has 16 nitrogen and oxygen atoms in total. The Kier molecular flexibility index (Phi) is 33.9. The van der Waals surface area contributed by atoms with Crippen LogP contribution in [0.4, 0.5) is 0 Å². The van der Waals surface area contributed by atoms with Crippen molar-refractivity contribution in [1.29, 1.82) is 0 Å². The number of fused-ring (bicyclic) bond motifs is 2. The zero-order valence-corrected chi connectivity index (χ0v) is 58.3. The topological polar surface area (TPSA) is 182 Å². The van der Waals surface area contributed by atoms with Crippen LogP contribution < -0.4 is 0 Å². The standard InChI is InChI=1S/C34H54O6.C30H50O5.C4H7O4P.C4H10O/c1-9-11-28-22(5)18-32-34(40-28)25(8)24(7)31(39-32)19-30-23(6)20(3)16-26(38-30)12-14-29-21(4)17-27(37-29)13-15-33(35)36-10-2;1-8-9-25-19(4)14-29-30(35-25)22(7)21(6)28(34-29)15-27-20(5)17(2)12-23(32-27)10-11-26-18(3)13-24(16-31)33-26;1-2-7-4(5)3-8-9-6;1-3-5-4-2/h13,15,20,22,24-32,34H,4,6,9-12,14,16-19H2,1-3,5,7-8H3;17,19,21-31H,3,5,8-16H2,1-2,4,6-7H3;2-3H2,1H3;3-4H2,1-2H3/b15-13+;;;/t20-,22-,24-,25-,26+,27?,28-,29?,30?,31+,32+,34+;17-,19-,21-,22-,23+,24?,25-,26?,27?,28+,29+,30+;;/m11../s1. The van der Waals surface area contributed by atoms with Crippen molar-refractivity contribution in [1.82, 2.24) is 0 Å². The van der Waals surface area contributed by atoms with Crippen LogP contribution >= 0.6 is 8.69 Å². The van der Waals surface area contributed by atoms with E-state index in [4.69, 9.17) is 47.4 Å². The maximum atomic E-state index is 11.7. The van der Waals surface area contributed by atoms with Crippen molar-refractivity contribution in [3.8, 4) is 0 Å². The van der Waals surface area contributed by atoms with E-state index >= 15 is 0 Å². The van der Waals surface area contributed by atoms with Gasteiger partial charge in [0, 0.05) is 38.6 Å². The summed E-state index contributed by atoms with van der Waals surface area (Å²) in [5, 5.41) is 9.42. The zero-order chi connectivity index (χ0) is 65.5. The molecule has 1 N–H and O–H groups in total. The van der Waals surface area contributed by atoms with Gasteiger partial charge in [-0.1, -0.05) is 108 Å². The maximum Gasteiger partial charge on any atom is 0.333 e. The lowest BCUT2D eigenvalue weighted by Gasteiger charge is -2.51. The van der Waals surface area contributed by atoms with Gasteiger partial charge in [0.15, 0.2) is 6.61 Å². The first-order chi connectivity index (χ1) is 42.5. The van der Waals surface area contributed by atoms with Crippen molar-refractivity contribution in [2.75, 3.05) is 39.6 Å². The summed E-state index contributed by atoms with van der Waals surface area (Å²) in [4.78, 5) is 22.0. The summed E-state index contributed by atoms with van der Waals surface area (Å²) in [5.41, 5.74) is 4.60. The summed E-state index contributed by atoms with van der Waals surface area (Å²) in [6.07, 6.45) is 20.9. The highest BCUT2D eigenvalue weighted by Gasteiger charge is 2.50. The minimum absolute atomic E-state index is 0.00711. The number of rotatable bonds is 24. The quantitative estimate of drug-likeness (QED) is 0.0416. The third kappa shape index (κ3) is 23.0. The van der Waals surface area contributed by atoms with Crippen LogP contribution in [0.25, 0.3) is 0 Å². The molecule has 0 aromatic heterocycles.